The van der Waals surface area contributed by atoms with Gasteiger partial charge in [-0.1, -0.05) is 5.16 Å². The third-order valence-corrected chi connectivity index (χ3v) is 2.93. The number of benzene rings is 1. The maximum atomic E-state index is 13.2. The predicted octanol–water partition coefficient (Wildman–Crippen LogP) is 2.85. The maximum absolute atomic E-state index is 13.2. The lowest BCUT2D eigenvalue weighted by Gasteiger charge is -2.01. The molecule has 1 heterocycles. The van der Waals surface area contributed by atoms with E-state index in [9.17, 15) is 4.39 Å². The normalized spacial score (nSPS) is 12.6. The monoisotopic (exact) mass is 263 g/mol. The van der Waals surface area contributed by atoms with Crippen LogP contribution in [0, 0.1) is 12.7 Å². The van der Waals surface area contributed by atoms with E-state index in [-0.39, 0.29) is 11.9 Å². The molecule has 1 unspecified atom stereocenters. The molecule has 0 saturated carbocycles. The van der Waals surface area contributed by atoms with Crippen molar-refractivity contribution in [1.82, 2.24) is 10.1 Å². The van der Waals surface area contributed by atoms with E-state index in [0.717, 1.165) is 18.4 Å². The van der Waals surface area contributed by atoms with Crippen LogP contribution in [0.1, 0.15) is 31.2 Å². The van der Waals surface area contributed by atoms with Crippen molar-refractivity contribution in [1.29, 1.82) is 0 Å². The highest BCUT2D eigenvalue weighted by atomic mass is 19.1. The fraction of sp³-hybridized carbons (Fsp3) is 0.429. The van der Waals surface area contributed by atoms with Crippen molar-refractivity contribution < 1.29 is 8.91 Å². The van der Waals surface area contributed by atoms with Crippen LogP contribution in [0.25, 0.3) is 11.4 Å². The first-order valence-electron chi connectivity index (χ1n) is 6.41. The maximum Gasteiger partial charge on any atom is 0.226 e. The van der Waals surface area contributed by atoms with E-state index >= 15 is 0 Å². The number of nitrogens with zero attached hydrogens (tertiary/aromatic N) is 2. The zero-order valence-corrected chi connectivity index (χ0v) is 11.2. The average molecular weight is 263 g/mol. The summed E-state index contributed by atoms with van der Waals surface area (Å²) >= 11 is 0. The minimum Gasteiger partial charge on any atom is -0.339 e. The van der Waals surface area contributed by atoms with Crippen LogP contribution in [0.3, 0.4) is 0 Å². The molecule has 0 bridgehead atoms. The SMILES string of the molecule is Cc1cc(-c2noc(CCCC(C)N)n2)ccc1F. The second-order valence-corrected chi connectivity index (χ2v) is 4.85. The lowest BCUT2D eigenvalue weighted by Crippen LogP contribution is -2.14. The molecule has 5 heteroatoms. The number of aryl methyl sites for hydroxylation is 2. The molecule has 0 saturated heterocycles. The topological polar surface area (TPSA) is 64.9 Å². The Bertz CT molecular complexity index is 551. The van der Waals surface area contributed by atoms with Gasteiger partial charge in [0.05, 0.1) is 0 Å². The van der Waals surface area contributed by atoms with E-state index in [4.69, 9.17) is 10.3 Å². The number of hydrogen-bond acceptors (Lipinski definition) is 4. The number of halogens is 1. The number of nitrogens with two attached hydrogens (primary N) is 1. The zero-order valence-electron chi connectivity index (χ0n) is 11.2. The number of rotatable bonds is 5. The molecular formula is C14H18FN3O. The van der Waals surface area contributed by atoms with Crippen molar-refractivity contribution in [2.45, 2.75) is 39.2 Å². The molecule has 4 nitrogen and oxygen atoms in total. The third-order valence-electron chi connectivity index (χ3n) is 2.93. The molecule has 0 radical (unpaired) electrons. The molecule has 0 fully saturated rings. The predicted molar refractivity (Wildman–Crippen MR) is 71.0 cm³/mol. The van der Waals surface area contributed by atoms with Gasteiger partial charge in [-0.05, 0) is 50.5 Å². The lowest BCUT2D eigenvalue weighted by atomic mass is 10.1. The first kappa shape index (κ1) is 13.7. The summed E-state index contributed by atoms with van der Waals surface area (Å²) in [6.07, 6.45) is 2.56. The highest BCUT2D eigenvalue weighted by Crippen LogP contribution is 2.19. The summed E-state index contributed by atoms with van der Waals surface area (Å²) in [5, 5.41) is 3.92. The summed E-state index contributed by atoms with van der Waals surface area (Å²) < 4.78 is 18.4. The molecule has 2 aromatic rings. The van der Waals surface area contributed by atoms with Gasteiger partial charge in [0, 0.05) is 18.0 Å². The number of hydrogen-bond donors (Lipinski definition) is 1. The molecule has 0 amide bonds. The molecule has 1 atom stereocenters. The Hall–Kier alpha value is -1.75. The van der Waals surface area contributed by atoms with Crippen molar-refractivity contribution in [2.24, 2.45) is 5.73 Å². The minimum atomic E-state index is -0.232. The van der Waals surface area contributed by atoms with Crippen LogP contribution in [0.4, 0.5) is 4.39 Å². The molecule has 1 aromatic heterocycles. The van der Waals surface area contributed by atoms with Gasteiger partial charge in [-0.15, -0.1) is 0 Å². The van der Waals surface area contributed by atoms with Crippen LogP contribution < -0.4 is 5.73 Å². The minimum absolute atomic E-state index is 0.183. The zero-order chi connectivity index (χ0) is 13.8. The molecule has 0 aliphatic heterocycles. The van der Waals surface area contributed by atoms with E-state index < -0.39 is 0 Å². The molecule has 0 aliphatic carbocycles. The summed E-state index contributed by atoms with van der Waals surface area (Å²) in [4.78, 5) is 4.31. The Morgan fingerprint density at radius 1 is 1.42 bits per heavy atom. The van der Waals surface area contributed by atoms with E-state index in [1.54, 1.807) is 19.1 Å². The molecule has 102 valence electrons. The second-order valence-electron chi connectivity index (χ2n) is 4.85. The Balaban J connectivity index is 2.05. The van der Waals surface area contributed by atoms with Crippen molar-refractivity contribution >= 4 is 0 Å². The van der Waals surface area contributed by atoms with E-state index in [2.05, 4.69) is 10.1 Å². The van der Waals surface area contributed by atoms with Crippen LogP contribution in [0.15, 0.2) is 22.7 Å². The highest BCUT2D eigenvalue weighted by molar-refractivity contribution is 5.55. The van der Waals surface area contributed by atoms with E-state index in [1.165, 1.54) is 6.07 Å². The van der Waals surface area contributed by atoms with E-state index in [0.29, 0.717) is 23.7 Å². The smallest absolute Gasteiger partial charge is 0.226 e. The largest absolute Gasteiger partial charge is 0.339 e. The van der Waals surface area contributed by atoms with Crippen LogP contribution in [0.5, 0.6) is 0 Å². The van der Waals surface area contributed by atoms with Crippen molar-refractivity contribution in [3.63, 3.8) is 0 Å². The van der Waals surface area contributed by atoms with Crippen LogP contribution >= 0.6 is 0 Å². The van der Waals surface area contributed by atoms with Gasteiger partial charge in [-0.2, -0.15) is 4.98 Å². The Morgan fingerprint density at radius 3 is 2.89 bits per heavy atom. The first-order chi connectivity index (χ1) is 9.06. The van der Waals surface area contributed by atoms with E-state index in [1.807, 2.05) is 6.92 Å². The molecule has 1 aromatic carbocycles. The highest BCUT2D eigenvalue weighted by Gasteiger charge is 2.10. The van der Waals surface area contributed by atoms with Gasteiger partial charge >= 0.3 is 0 Å². The van der Waals surface area contributed by atoms with Crippen LogP contribution in [-0.2, 0) is 6.42 Å². The summed E-state index contributed by atoms with van der Waals surface area (Å²) in [6.45, 7) is 3.68. The average Bonchev–Trinajstić information content (AvgIpc) is 2.81. The molecule has 19 heavy (non-hydrogen) atoms. The Kier molecular flexibility index (Phi) is 4.27. The molecule has 0 aliphatic rings. The van der Waals surface area contributed by atoms with Crippen molar-refractivity contribution in [3.8, 4) is 11.4 Å². The third kappa shape index (κ3) is 3.61. The number of aromatic nitrogens is 2. The molecular weight excluding hydrogens is 245 g/mol. The van der Waals surface area contributed by atoms with Gasteiger partial charge in [-0.25, -0.2) is 4.39 Å². The Morgan fingerprint density at radius 2 is 2.21 bits per heavy atom. The summed E-state index contributed by atoms with van der Waals surface area (Å²) in [6, 6.07) is 4.96. The fourth-order valence-electron chi connectivity index (χ4n) is 1.83. The summed E-state index contributed by atoms with van der Waals surface area (Å²) in [5.41, 5.74) is 7.02. The lowest BCUT2D eigenvalue weighted by molar-refractivity contribution is 0.373. The standard InChI is InChI=1S/C14H18FN3O/c1-9-8-11(6-7-12(9)15)14-17-13(19-18-14)5-3-4-10(2)16/h6-8,10H,3-5,16H2,1-2H3. The summed E-state index contributed by atoms with van der Waals surface area (Å²) in [7, 11) is 0. The van der Waals surface area contributed by atoms with Gasteiger partial charge in [0.15, 0.2) is 0 Å². The Labute approximate surface area is 111 Å². The van der Waals surface area contributed by atoms with Gasteiger partial charge < -0.3 is 10.3 Å². The van der Waals surface area contributed by atoms with Crippen molar-refractivity contribution in [3.05, 3.63) is 35.5 Å². The van der Waals surface area contributed by atoms with Crippen molar-refractivity contribution in [2.75, 3.05) is 0 Å². The molecule has 0 spiro atoms. The molecule has 2 N–H and O–H groups in total. The fourth-order valence-corrected chi connectivity index (χ4v) is 1.83. The molecule has 2 rings (SSSR count). The quantitative estimate of drug-likeness (QED) is 0.900. The van der Waals surface area contributed by atoms with Crippen LogP contribution in [0.2, 0.25) is 0 Å². The van der Waals surface area contributed by atoms with Gasteiger partial charge in [0.25, 0.3) is 0 Å². The first-order valence-corrected chi connectivity index (χ1v) is 6.41. The van der Waals surface area contributed by atoms with Gasteiger partial charge in [0.2, 0.25) is 11.7 Å². The van der Waals surface area contributed by atoms with Gasteiger partial charge in [0.1, 0.15) is 5.82 Å². The second kappa shape index (κ2) is 5.93. The van der Waals surface area contributed by atoms with Gasteiger partial charge in [-0.3, -0.25) is 0 Å². The summed E-state index contributed by atoms with van der Waals surface area (Å²) in [5.74, 6) is 0.862. The van der Waals surface area contributed by atoms with Crippen LogP contribution in [-0.4, -0.2) is 16.2 Å².